The third-order valence-electron chi connectivity index (χ3n) is 4.62. The lowest BCUT2D eigenvalue weighted by Crippen LogP contribution is -2.33. The molecule has 5 nitrogen and oxygen atoms in total. The third kappa shape index (κ3) is 3.73. The third-order valence-corrected chi connectivity index (χ3v) is 4.88. The Balaban J connectivity index is 1.56. The fourth-order valence-electron chi connectivity index (χ4n) is 3.26. The van der Waals surface area contributed by atoms with Crippen molar-refractivity contribution in [2.75, 3.05) is 5.32 Å². The van der Waals surface area contributed by atoms with Crippen molar-refractivity contribution in [1.29, 1.82) is 0 Å². The lowest BCUT2D eigenvalue weighted by Gasteiger charge is -2.23. The van der Waals surface area contributed by atoms with Crippen molar-refractivity contribution in [3.8, 4) is 0 Å². The van der Waals surface area contributed by atoms with Crippen LogP contribution in [-0.4, -0.2) is 26.9 Å². The van der Waals surface area contributed by atoms with Gasteiger partial charge in [-0.1, -0.05) is 48.0 Å². The van der Waals surface area contributed by atoms with E-state index in [1.165, 1.54) is 5.56 Å². The number of fused-ring (bicyclic) bond motifs is 1. The number of carbonyl (C=O) groups is 1. The summed E-state index contributed by atoms with van der Waals surface area (Å²) < 4.78 is 1.96. The number of hydrogen-bond acceptors (Lipinski definition) is 3. The number of nitrogens with one attached hydrogen (secondary N) is 1. The average molecular weight is 380 g/mol. The molecule has 0 radical (unpaired) electrons. The first-order valence-corrected chi connectivity index (χ1v) is 9.02. The minimum Gasteiger partial charge on any atom is -0.481 e. The second kappa shape index (κ2) is 7.29. The molecule has 27 heavy (non-hydrogen) atoms. The highest BCUT2D eigenvalue weighted by Gasteiger charge is 2.27. The summed E-state index contributed by atoms with van der Waals surface area (Å²) in [5.41, 5.74) is 3.06. The number of rotatable bonds is 5. The number of carboxylic acid groups (broad SMARTS) is 1. The Morgan fingerprint density at radius 1 is 1.22 bits per heavy atom. The molecule has 0 fully saturated rings. The van der Waals surface area contributed by atoms with Gasteiger partial charge in [0.1, 0.15) is 5.92 Å². The topological polar surface area (TPSA) is 67.2 Å². The van der Waals surface area contributed by atoms with Crippen molar-refractivity contribution in [2.24, 2.45) is 5.92 Å². The predicted octanol–water partition coefficient (Wildman–Crippen LogP) is 4.26. The van der Waals surface area contributed by atoms with Gasteiger partial charge >= 0.3 is 5.97 Å². The summed E-state index contributed by atoms with van der Waals surface area (Å²) in [6, 6.07) is 15.7. The van der Waals surface area contributed by atoms with Gasteiger partial charge in [-0.15, -0.1) is 0 Å². The number of hydrogen-bond donors (Lipinski definition) is 2. The molecule has 1 aliphatic carbocycles. The Morgan fingerprint density at radius 3 is 2.81 bits per heavy atom. The highest BCUT2D eigenvalue weighted by Crippen LogP contribution is 2.26. The van der Waals surface area contributed by atoms with Gasteiger partial charge in [0.05, 0.1) is 24.3 Å². The fraction of sp³-hybridized carbons (Fsp3) is 0.143. The van der Waals surface area contributed by atoms with Crippen LogP contribution in [0.1, 0.15) is 5.56 Å². The van der Waals surface area contributed by atoms with Crippen molar-refractivity contribution in [1.82, 2.24) is 9.78 Å². The summed E-state index contributed by atoms with van der Waals surface area (Å²) in [4.78, 5) is 11.5. The second-order valence-corrected chi connectivity index (χ2v) is 6.94. The van der Waals surface area contributed by atoms with Crippen LogP contribution in [0.4, 0.5) is 5.69 Å². The normalized spacial score (nSPS) is 19.1. The van der Waals surface area contributed by atoms with Gasteiger partial charge in [0.2, 0.25) is 0 Å². The van der Waals surface area contributed by atoms with Gasteiger partial charge in [-0.3, -0.25) is 9.48 Å². The second-order valence-electron chi connectivity index (χ2n) is 6.51. The average Bonchev–Trinajstić information content (AvgIpc) is 3.06. The van der Waals surface area contributed by atoms with Crippen LogP contribution < -0.4 is 5.32 Å². The van der Waals surface area contributed by atoms with Crippen LogP contribution in [-0.2, 0) is 11.3 Å². The van der Waals surface area contributed by atoms with E-state index < -0.39 is 11.9 Å². The summed E-state index contributed by atoms with van der Waals surface area (Å²) in [7, 11) is 0. The van der Waals surface area contributed by atoms with Crippen LogP contribution in [0.3, 0.4) is 0 Å². The first-order chi connectivity index (χ1) is 13.1. The highest BCUT2D eigenvalue weighted by atomic mass is 35.5. The zero-order valence-corrected chi connectivity index (χ0v) is 15.2. The first-order valence-electron chi connectivity index (χ1n) is 8.64. The molecule has 136 valence electrons. The Morgan fingerprint density at radius 2 is 2.04 bits per heavy atom. The van der Waals surface area contributed by atoms with E-state index in [9.17, 15) is 9.90 Å². The molecule has 2 unspecified atom stereocenters. The summed E-state index contributed by atoms with van der Waals surface area (Å²) in [6.45, 7) is 0.701. The zero-order chi connectivity index (χ0) is 18.8. The molecule has 1 heterocycles. The molecule has 2 atom stereocenters. The van der Waals surface area contributed by atoms with Crippen molar-refractivity contribution in [3.05, 3.63) is 83.6 Å². The molecular formula is C21H18ClN3O2. The Labute approximate surface area is 161 Å². The van der Waals surface area contributed by atoms with Gasteiger partial charge in [0.15, 0.2) is 0 Å². The molecule has 0 spiro atoms. The van der Waals surface area contributed by atoms with Gasteiger partial charge in [-0.2, -0.15) is 5.10 Å². The summed E-state index contributed by atoms with van der Waals surface area (Å²) in [5, 5.41) is 18.6. The van der Waals surface area contributed by atoms with E-state index in [4.69, 9.17) is 11.6 Å². The Kier molecular flexibility index (Phi) is 4.69. The van der Waals surface area contributed by atoms with Crippen LogP contribution in [0.25, 0.3) is 10.9 Å². The van der Waals surface area contributed by atoms with Gasteiger partial charge in [0, 0.05) is 16.1 Å². The van der Waals surface area contributed by atoms with E-state index >= 15 is 0 Å². The molecule has 0 saturated carbocycles. The van der Waals surface area contributed by atoms with Gasteiger partial charge in [0.25, 0.3) is 0 Å². The molecule has 2 N–H and O–H groups in total. The molecule has 0 saturated heterocycles. The van der Waals surface area contributed by atoms with E-state index in [1.807, 2.05) is 47.3 Å². The smallest absolute Gasteiger partial charge is 0.312 e. The summed E-state index contributed by atoms with van der Waals surface area (Å²) in [6.07, 6.45) is 6.88. The van der Waals surface area contributed by atoms with Gasteiger partial charge < -0.3 is 10.4 Å². The monoisotopic (exact) mass is 379 g/mol. The molecule has 6 heteroatoms. The number of nitrogens with zero attached hydrogens (tertiary/aromatic N) is 2. The van der Waals surface area contributed by atoms with Crippen LogP contribution in [0, 0.1) is 5.92 Å². The molecule has 3 aromatic rings. The molecular weight excluding hydrogens is 362 g/mol. The summed E-state index contributed by atoms with van der Waals surface area (Å²) in [5.74, 6) is -1.62. The van der Waals surface area contributed by atoms with Crippen molar-refractivity contribution in [2.45, 2.75) is 12.6 Å². The van der Waals surface area contributed by atoms with E-state index in [0.29, 0.717) is 11.6 Å². The maximum Gasteiger partial charge on any atom is 0.312 e. The SMILES string of the molecule is O=C(O)C1C=C(Cl)C=CC1Nc1ccc2c(cnn2Cc2ccccc2)c1. The maximum atomic E-state index is 11.5. The molecule has 0 bridgehead atoms. The van der Waals surface area contributed by atoms with Crippen molar-refractivity contribution in [3.63, 3.8) is 0 Å². The number of aromatic nitrogens is 2. The van der Waals surface area contributed by atoms with E-state index in [1.54, 1.807) is 18.2 Å². The van der Waals surface area contributed by atoms with Crippen molar-refractivity contribution < 1.29 is 9.90 Å². The zero-order valence-electron chi connectivity index (χ0n) is 14.4. The molecule has 0 aliphatic heterocycles. The Bertz CT molecular complexity index is 1040. The lowest BCUT2D eigenvalue weighted by molar-refractivity contribution is -0.140. The van der Waals surface area contributed by atoms with E-state index in [2.05, 4.69) is 22.5 Å². The van der Waals surface area contributed by atoms with Crippen LogP contribution in [0.5, 0.6) is 0 Å². The largest absolute Gasteiger partial charge is 0.481 e. The number of halogens is 1. The number of anilines is 1. The van der Waals surface area contributed by atoms with Gasteiger partial charge in [-0.25, -0.2) is 0 Å². The highest BCUT2D eigenvalue weighted by molar-refractivity contribution is 6.31. The van der Waals surface area contributed by atoms with Crippen molar-refractivity contribution >= 4 is 34.2 Å². The van der Waals surface area contributed by atoms with Crippen LogP contribution in [0.15, 0.2) is 78.0 Å². The summed E-state index contributed by atoms with van der Waals surface area (Å²) >= 11 is 5.94. The molecule has 2 aromatic carbocycles. The number of benzene rings is 2. The maximum absolute atomic E-state index is 11.5. The first kappa shape index (κ1) is 17.4. The van der Waals surface area contributed by atoms with E-state index in [0.717, 1.165) is 16.6 Å². The molecule has 0 amide bonds. The minimum atomic E-state index is -0.910. The number of carboxylic acids is 1. The van der Waals surface area contributed by atoms with Crippen LogP contribution in [0.2, 0.25) is 0 Å². The quantitative estimate of drug-likeness (QED) is 0.695. The van der Waals surface area contributed by atoms with Gasteiger partial charge in [-0.05, 0) is 35.9 Å². The minimum absolute atomic E-state index is 0.359. The number of allylic oxidation sites excluding steroid dienone is 2. The molecule has 1 aromatic heterocycles. The molecule has 1 aliphatic rings. The number of aliphatic carboxylic acids is 1. The molecule has 4 rings (SSSR count). The predicted molar refractivity (Wildman–Crippen MR) is 107 cm³/mol. The Hall–Kier alpha value is -3.05. The fourth-order valence-corrected chi connectivity index (χ4v) is 3.47. The lowest BCUT2D eigenvalue weighted by atomic mass is 9.95. The standard InChI is InChI=1S/C21H18ClN3O2/c22-16-6-8-19(18(11-16)21(26)27)24-17-7-9-20-15(10-17)12-23-25(20)13-14-4-2-1-3-5-14/h1-12,18-19,24H,13H2,(H,26,27). The van der Waals surface area contributed by atoms with Crippen LogP contribution >= 0.6 is 11.6 Å². The van der Waals surface area contributed by atoms with E-state index in [-0.39, 0.29) is 6.04 Å².